The fraction of sp³-hybridized carbons (Fsp3) is 0.129. The summed E-state index contributed by atoms with van der Waals surface area (Å²) in [6, 6.07) is 10.0. The van der Waals surface area contributed by atoms with E-state index in [1.165, 1.54) is 19.1 Å². The molecule has 2 radical (unpaired) electrons. The van der Waals surface area contributed by atoms with E-state index in [9.17, 15) is 20.1 Å². The third kappa shape index (κ3) is 26.3. The molecule has 0 bridgehead atoms. The van der Waals surface area contributed by atoms with Crippen LogP contribution in [0.3, 0.4) is 0 Å². The molecule has 228 valence electrons. The molecule has 12 heteroatoms. The molecule has 0 unspecified atom stereocenters. The summed E-state index contributed by atoms with van der Waals surface area (Å²) in [5.74, 6) is 2.16. The van der Waals surface area contributed by atoms with E-state index in [0.717, 1.165) is 17.4 Å². The van der Waals surface area contributed by atoms with E-state index in [4.69, 9.17) is 34.5 Å². The Hall–Kier alpha value is -4.33. The van der Waals surface area contributed by atoms with Crippen LogP contribution in [-0.2, 0) is 66.4 Å². The van der Waals surface area contributed by atoms with Crippen LogP contribution >= 0.6 is 0 Å². The third-order valence-electron chi connectivity index (χ3n) is 4.19. The molecule has 0 saturated carbocycles. The molecule has 0 aliphatic carbocycles. The van der Waals surface area contributed by atoms with Crippen LogP contribution in [0, 0.1) is 59.4 Å². The van der Waals surface area contributed by atoms with Crippen molar-refractivity contribution in [2.24, 2.45) is 0 Å². The molecule has 0 saturated heterocycles. The number of carbonyl (C=O) groups excluding carboxylic acids is 2. The molecule has 0 fully saturated rings. The summed E-state index contributed by atoms with van der Waals surface area (Å²) in [5.41, 5.74) is 3.03. The first-order valence-electron chi connectivity index (χ1n) is 10.5. The summed E-state index contributed by atoms with van der Waals surface area (Å²) in [5, 5.41) is 29.5. The number of ketones is 1. The van der Waals surface area contributed by atoms with E-state index in [0.29, 0.717) is 11.1 Å². The van der Waals surface area contributed by atoms with Crippen LogP contribution in [0.15, 0.2) is 59.9 Å². The Morgan fingerprint density at radius 2 is 1.12 bits per heavy atom. The molecule has 43 heavy (non-hydrogen) atoms. The maximum absolute atomic E-state index is 12.5. The monoisotopic (exact) mass is 676 g/mol. The number of benzene rings is 2. The average Bonchev–Trinajstić information content (AvgIpc) is 3.02. The topological polar surface area (TPSA) is 194 Å². The van der Waals surface area contributed by atoms with Crippen LogP contribution in [-0.4, -0.2) is 27.4 Å². The van der Waals surface area contributed by atoms with E-state index < -0.39 is 5.78 Å². The van der Waals surface area contributed by atoms with Crippen molar-refractivity contribution in [3.05, 3.63) is 115 Å². The summed E-state index contributed by atoms with van der Waals surface area (Å²) in [4.78, 5) is 21.3. The molecule has 0 amide bonds. The molecule has 0 aliphatic rings. The summed E-state index contributed by atoms with van der Waals surface area (Å²) >= 11 is 0. The van der Waals surface area contributed by atoms with Gasteiger partial charge in [0.05, 0.1) is 5.57 Å². The van der Waals surface area contributed by atoms with E-state index in [1.54, 1.807) is 62.4 Å². The zero-order chi connectivity index (χ0) is 33.4. The van der Waals surface area contributed by atoms with Gasteiger partial charge >= 0.3 is 56.5 Å². The predicted octanol–water partition coefficient (Wildman–Crippen LogP) is 4.86. The molecule has 0 aliphatic heterocycles. The van der Waals surface area contributed by atoms with Gasteiger partial charge in [-0.1, -0.05) is 24.3 Å². The molecule has 0 atom stereocenters. The second-order valence-electron chi connectivity index (χ2n) is 6.60. The van der Waals surface area contributed by atoms with Crippen molar-refractivity contribution in [2.75, 3.05) is 0 Å². The number of rotatable bonds is 6. The Morgan fingerprint density at radius 1 is 0.791 bits per heavy atom. The normalized spacial score (nSPS) is 8.47. The van der Waals surface area contributed by atoms with Crippen molar-refractivity contribution in [3.8, 4) is 23.8 Å². The molecular formula is C31H26Co2O10. The molecule has 0 aromatic heterocycles. The van der Waals surface area contributed by atoms with Crippen molar-refractivity contribution in [2.45, 2.75) is 27.2 Å². The number of allylic oxidation sites excluding steroid dienone is 3. The summed E-state index contributed by atoms with van der Waals surface area (Å²) in [6.45, 7) is 27.5. The number of terminal acetylenes is 1. The van der Waals surface area contributed by atoms with Gasteiger partial charge in [0.15, 0.2) is 5.78 Å². The van der Waals surface area contributed by atoms with Gasteiger partial charge < -0.3 is 20.1 Å². The second-order valence-corrected chi connectivity index (χ2v) is 6.60. The Labute approximate surface area is 271 Å². The SMILES string of the molecule is C#CCC(C(=O)/C=C/c1ccc(O)c(C)c1)=C(O)/C=C/c1ccc(O)c(C)c1.CC=O.[C-]#[O+].[C-]#[O+].[C-]#[O+].[C-]#[O+].[C-]#[O+].[Co].[Co]. The van der Waals surface area contributed by atoms with Gasteiger partial charge in [-0.15, -0.1) is 12.3 Å². The fourth-order valence-corrected chi connectivity index (χ4v) is 2.52. The van der Waals surface area contributed by atoms with Gasteiger partial charge in [-0.25, -0.2) is 0 Å². The first-order valence-corrected chi connectivity index (χ1v) is 10.5. The average molecular weight is 676 g/mol. The van der Waals surface area contributed by atoms with Gasteiger partial charge in [-0.05, 0) is 79.4 Å². The van der Waals surface area contributed by atoms with Crippen molar-refractivity contribution < 1.29 is 81.7 Å². The summed E-state index contributed by atoms with van der Waals surface area (Å²) in [6.07, 6.45) is 12.1. The Bertz CT molecular complexity index is 1270. The van der Waals surface area contributed by atoms with E-state index >= 15 is 0 Å². The minimum atomic E-state index is -0.396. The Kier molecular flexibility index (Phi) is 50.7. The number of hydrogen-bond donors (Lipinski definition) is 3. The van der Waals surface area contributed by atoms with Crippen LogP contribution < -0.4 is 0 Å². The molecule has 0 heterocycles. The number of aliphatic hydroxyl groups is 1. The number of aliphatic hydroxyl groups excluding tert-OH is 1. The minimum Gasteiger partial charge on any atom is 0 e. The van der Waals surface area contributed by atoms with Crippen molar-refractivity contribution in [3.63, 3.8) is 0 Å². The third-order valence-corrected chi connectivity index (χ3v) is 4.19. The number of phenols is 2. The van der Waals surface area contributed by atoms with Gasteiger partial charge in [0.1, 0.15) is 23.5 Å². The Balaban J connectivity index is -0.000000152. The molecule has 2 aromatic rings. The Morgan fingerprint density at radius 3 is 1.42 bits per heavy atom. The van der Waals surface area contributed by atoms with Crippen LogP contribution in [0.25, 0.3) is 12.2 Å². The number of phenolic OH excluding ortho intramolecular Hbond substituents is 2. The first kappa shape index (κ1) is 54.7. The van der Waals surface area contributed by atoms with E-state index in [-0.39, 0.29) is 62.8 Å². The number of carbonyl (C=O) groups is 2. The van der Waals surface area contributed by atoms with Crippen LogP contribution in [0.4, 0.5) is 0 Å². The van der Waals surface area contributed by atoms with E-state index in [1.807, 2.05) is 0 Å². The molecule has 0 spiro atoms. The largest absolute Gasteiger partial charge is 0 e. The zero-order valence-electron chi connectivity index (χ0n) is 23.0. The summed E-state index contributed by atoms with van der Waals surface area (Å²) in [7, 11) is 0. The predicted molar refractivity (Wildman–Crippen MR) is 143 cm³/mol. The van der Waals surface area contributed by atoms with Crippen LogP contribution in [0.2, 0.25) is 0 Å². The first-order chi connectivity index (χ1) is 19.7. The number of aryl methyl sites for hydroxylation is 2. The maximum Gasteiger partial charge on any atom is 0 e. The molecule has 3 N–H and O–H groups in total. The minimum absolute atomic E-state index is 0. The van der Waals surface area contributed by atoms with Gasteiger partial charge in [0, 0.05) is 40.0 Å². The smallest absolute Gasteiger partial charge is 0 e. The van der Waals surface area contributed by atoms with Crippen LogP contribution in [0.1, 0.15) is 35.6 Å². The fourth-order valence-electron chi connectivity index (χ4n) is 2.52. The molecular weight excluding hydrogens is 650 g/mol. The van der Waals surface area contributed by atoms with Gasteiger partial charge in [0.25, 0.3) is 0 Å². The molecule has 10 nitrogen and oxygen atoms in total. The molecule has 2 rings (SSSR count). The number of hydrogen-bond acceptors (Lipinski definition) is 5. The maximum atomic E-state index is 12.5. The van der Waals surface area contributed by atoms with E-state index in [2.05, 4.69) is 39.2 Å². The quantitative estimate of drug-likeness (QED) is 0.0747. The molecule has 2 aromatic carbocycles. The standard InChI is InChI=1S/C24H22O4.C2H4O.5CO.2Co/c1-4-5-20(23(27)12-8-18-6-10-21(25)16(2)14-18)24(28)13-9-19-7-11-22(26)17(3)15-19;1-2-3;5*1-2;;/h1,6-15,25-27H,5H2,2-3H3;2H,1H3;;;;;;;/b12-8+,13-9+,23-20?;;;;;;;;. The number of aromatic hydroxyl groups is 2. The summed E-state index contributed by atoms with van der Waals surface area (Å²) < 4.78 is 37.5. The van der Waals surface area contributed by atoms with Crippen molar-refractivity contribution >= 4 is 24.2 Å². The van der Waals surface area contributed by atoms with Crippen molar-refractivity contribution in [1.82, 2.24) is 0 Å². The van der Waals surface area contributed by atoms with Crippen molar-refractivity contribution in [1.29, 1.82) is 0 Å². The van der Waals surface area contributed by atoms with Gasteiger partial charge in [-0.3, -0.25) is 4.79 Å². The second kappa shape index (κ2) is 39.8. The van der Waals surface area contributed by atoms with Crippen LogP contribution in [0.5, 0.6) is 11.5 Å². The number of aldehydes is 1. The zero-order valence-corrected chi connectivity index (χ0v) is 25.1. The van der Waals surface area contributed by atoms with Gasteiger partial charge in [-0.2, -0.15) is 0 Å². The van der Waals surface area contributed by atoms with Gasteiger partial charge in [0.2, 0.25) is 0 Å².